The third-order valence-electron chi connectivity index (χ3n) is 25.0. The Morgan fingerprint density at radius 3 is 1.20 bits per heavy atom. The second-order valence-electron chi connectivity index (χ2n) is 31.1. The van der Waals surface area contributed by atoms with Crippen molar-refractivity contribution in [3.8, 4) is 33.4 Å². The Bertz CT molecular complexity index is 4070. The molecule has 2 spiro atoms. The summed E-state index contributed by atoms with van der Waals surface area (Å²) in [5, 5.41) is 0.194. The van der Waals surface area contributed by atoms with Crippen LogP contribution in [0.4, 0.5) is 13.2 Å². The highest BCUT2D eigenvalue weighted by Gasteiger charge is 2.60. The molecule has 24 heteroatoms. The number of cyclic esters (lactones) is 3. The number of fused-ring (bicyclic) bond motifs is 6. The molecule has 0 radical (unpaired) electrons. The Morgan fingerprint density at radius 2 is 0.842 bits per heavy atom. The molecule has 11 fully saturated rings. The number of carbonyl (C=O) groups excluding carboxylic acids is 4. The number of alkyl halides is 5. The summed E-state index contributed by atoms with van der Waals surface area (Å²) >= 11 is 9.53. The van der Waals surface area contributed by atoms with Crippen LogP contribution < -0.4 is 5.73 Å². The average Bonchev–Trinajstić information content (AvgIpc) is 1.55. The van der Waals surface area contributed by atoms with Gasteiger partial charge in [0, 0.05) is 90.7 Å². The van der Waals surface area contributed by atoms with Crippen molar-refractivity contribution in [2.75, 3.05) is 66.5 Å². The Morgan fingerprint density at radius 1 is 0.482 bits per heavy atom. The maximum Gasteiger partial charge on any atom is 0.336 e. The fourth-order valence-corrected chi connectivity index (χ4v) is 22.0. The highest BCUT2D eigenvalue weighted by Crippen LogP contribution is 2.59. The summed E-state index contributed by atoms with van der Waals surface area (Å²) in [5.74, 6) is 2.72. The molecule has 19 unspecified atom stereocenters. The number of aldehydes is 1. The van der Waals surface area contributed by atoms with Gasteiger partial charge in [-0.25, -0.2) is 0 Å². The SMILES string of the molecule is CC1OC(=O)C2CC3CC(N)CCC3C(C=Cc3ccc(-c4ccccc4)cn3)C12.CC1OC(=O)C2CC3CC4(CCC3C(C=Cc3ccc(-c5ccccc5)cn3)C12)OCCO4.CC1OC(=O)C2CC3CC4(CCC3C(C=O)C12)OCCO4.CCOP(=O)(Cc1ccc(-c2ccccc2)cn1)OCC.CF.CF.CF.ClCCl. The van der Waals surface area contributed by atoms with Gasteiger partial charge in [0.05, 0.1) is 108 Å². The fourth-order valence-electron chi connectivity index (χ4n) is 20.3. The zero-order chi connectivity index (χ0) is 81.5. The number of nitrogens with zero attached hydrogens (tertiary/aromatic N) is 3. The van der Waals surface area contributed by atoms with E-state index in [-0.39, 0.29) is 95.2 Å². The summed E-state index contributed by atoms with van der Waals surface area (Å²) in [7, 11) is -1.59. The van der Waals surface area contributed by atoms with Gasteiger partial charge in [-0.3, -0.25) is 47.1 Å². The molecule has 6 aromatic rings. The van der Waals surface area contributed by atoms with Crippen LogP contribution in [0, 0.1) is 88.8 Å². The molecule has 5 saturated heterocycles. The number of esters is 3. The monoisotopic (exact) mass is 1630 g/mol. The first-order valence-corrected chi connectivity index (χ1v) is 43.1. The van der Waals surface area contributed by atoms with E-state index in [1.807, 2.05) is 98.2 Å². The van der Waals surface area contributed by atoms with E-state index in [1.165, 1.54) is 11.1 Å². The summed E-state index contributed by atoms with van der Waals surface area (Å²) in [4.78, 5) is 62.7. The second kappa shape index (κ2) is 42.9. The molecule has 17 rings (SSSR count). The number of allylic oxidation sites excluding steroid dienone is 2. The lowest BCUT2D eigenvalue weighted by atomic mass is 9.56. The largest absolute Gasteiger partial charge is 0.462 e. The standard InChI is InChI=1S/C28H31NO4.C26H30N2O2.C16H20NO3P.C16H22O5.CH2Cl2.3CH3F/c1-18-26-24(10-9-22-8-7-20(17-29-22)19-5-3-2-4-6-19)23-11-12-28(31-13-14-32-28)16-21(23)15-25(26)27(30)33-18;1-16-25-23(22-11-8-20(27)13-19(22)14-24(25)26(29)30-16)12-10-21-9-7-18(15-28-21)17-5-3-2-4-6-17;1-3-19-21(18,20-4-2)13-16-11-10-15(12-17-16)14-8-6-5-7-9-14;1-9-14-12(15(18)21-9)6-10-7-16(19-4-5-20-16)3-2-11(10)13(14)8-17;2-1-3;3*1-2/h2-10,17-18,21,23-26H,11-16H2,1H3;2-7,9-10,12,15-16,19-20,22-25H,8,11,13-14,27H2,1H3;5-12H,3-4,13H2,1-2H3;8-14H,2-7H2,1H3;1H2;3*1H3. The molecule has 19 atom stereocenters. The lowest BCUT2D eigenvalue weighted by Gasteiger charge is -2.49. The molecular formula is C90H114Cl2F3N4O14P. The van der Waals surface area contributed by atoms with Crippen LogP contribution in [0.1, 0.15) is 129 Å². The number of hydrogen-bond acceptors (Lipinski definition) is 18. The van der Waals surface area contributed by atoms with Gasteiger partial charge in [0.25, 0.3) is 0 Å². The molecular weight excluding hydrogens is 1520 g/mol. The first-order chi connectivity index (χ1) is 55.4. The zero-order valence-corrected chi connectivity index (χ0v) is 69.2. The summed E-state index contributed by atoms with van der Waals surface area (Å²) in [6, 6.07) is 43.1. The number of ether oxygens (including phenoxy) is 7. The first-order valence-electron chi connectivity index (χ1n) is 40.3. The number of carbonyl (C=O) groups is 4. The van der Waals surface area contributed by atoms with Crippen molar-refractivity contribution in [1.29, 1.82) is 0 Å². The molecule has 2 N–H and O–H groups in total. The van der Waals surface area contributed by atoms with Crippen LogP contribution in [0.3, 0.4) is 0 Å². The van der Waals surface area contributed by atoms with E-state index in [4.69, 9.17) is 76.1 Å². The lowest BCUT2D eigenvalue weighted by molar-refractivity contribution is -0.206. The summed E-state index contributed by atoms with van der Waals surface area (Å²) in [6.07, 6.45) is 27.1. The number of halogens is 5. The van der Waals surface area contributed by atoms with Gasteiger partial charge >= 0.3 is 25.5 Å². The van der Waals surface area contributed by atoms with E-state index in [0.29, 0.717) is 114 Å². The Kier molecular flexibility index (Phi) is 33.6. The number of hydrogen-bond donors (Lipinski definition) is 1. The molecule has 3 aromatic heterocycles. The molecule has 0 bridgehead atoms. The Balaban J connectivity index is 0.000000158. The summed E-state index contributed by atoms with van der Waals surface area (Å²) in [6.45, 7) is 13.0. The van der Waals surface area contributed by atoms with Crippen LogP contribution in [0.2, 0.25) is 0 Å². The smallest absolute Gasteiger partial charge is 0.336 e. The first kappa shape index (κ1) is 89.3. The van der Waals surface area contributed by atoms with Crippen LogP contribution in [0.5, 0.6) is 0 Å². The van der Waals surface area contributed by atoms with Gasteiger partial charge in [-0.2, -0.15) is 0 Å². The molecule has 114 heavy (non-hydrogen) atoms. The van der Waals surface area contributed by atoms with Gasteiger partial charge in [0.2, 0.25) is 0 Å². The molecule has 6 saturated carbocycles. The van der Waals surface area contributed by atoms with Gasteiger partial charge in [0.1, 0.15) is 24.6 Å². The summed E-state index contributed by atoms with van der Waals surface area (Å²) in [5.41, 5.74) is 15.6. The quantitative estimate of drug-likeness (QED) is 0.0351. The predicted octanol–water partition coefficient (Wildman–Crippen LogP) is 19.1. The van der Waals surface area contributed by atoms with Gasteiger partial charge in [-0.1, -0.05) is 121 Å². The van der Waals surface area contributed by atoms with E-state index < -0.39 is 19.2 Å². The highest BCUT2D eigenvalue weighted by molar-refractivity contribution is 7.53. The number of nitrogens with two attached hydrogens (primary N) is 1. The fraction of sp³-hybridized carbons (Fsp3) is 0.544. The Labute approximate surface area is 680 Å². The third-order valence-corrected chi connectivity index (χ3v) is 27.0. The maximum atomic E-state index is 12.7. The molecule has 18 nitrogen and oxygen atoms in total. The number of rotatable bonds is 14. The molecule has 8 heterocycles. The topological polar surface area (TPSA) is 233 Å². The van der Waals surface area contributed by atoms with E-state index in [0.717, 1.165) is 117 Å². The average molecular weight is 1630 g/mol. The lowest BCUT2D eigenvalue weighted by Crippen LogP contribution is -2.49. The van der Waals surface area contributed by atoms with Crippen molar-refractivity contribution in [3.63, 3.8) is 0 Å². The van der Waals surface area contributed by atoms with Gasteiger partial charge in [-0.15, -0.1) is 23.2 Å². The van der Waals surface area contributed by atoms with Gasteiger partial charge in [-0.05, 0) is 180 Å². The van der Waals surface area contributed by atoms with E-state index in [1.54, 1.807) is 20.0 Å². The molecule has 6 aliphatic carbocycles. The van der Waals surface area contributed by atoms with Crippen molar-refractivity contribution in [2.24, 2.45) is 94.5 Å². The van der Waals surface area contributed by atoms with E-state index in [9.17, 15) is 36.9 Å². The molecule has 5 aliphatic heterocycles. The maximum absolute atomic E-state index is 12.7. The number of benzene rings is 3. The van der Waals surface area contributed by atoms with Crippen LogP contribution in [-0.4, -0.2) is 142 Å². The van der Waals surface area contributed by atoms with E-state index in [2.05, 4.69) is 96.7 Å². The van der Waals surface area contributed by atoms with Crippen LogP contribution >= 0.6 is 30.8 Å². The van der Waals surface area contributed by atoms with Crippen LogP contribution in [-0.2, 0) is 72.1 Å². The van der Waals surface area contributed by atoms with Gasteiger partial charge in [0.15, 0.2) is 11.6 Å². The van der Waals surface area contributed by atoms with E-state index >= 15 is 0 Å². The van der Waals surface area contributed by atoms with Crippen molar-refractivity contribution in [3.05, 3.63) is 175 Å². The van der Waals surface area contributed by atoms with Crippen LogP contribution in [0.25, 0.3) is 45.5 Å². The highest BCUT2D eigenvalue weighted by atomic mass is 35.5. The molecule has 3 aromatic carbocycles. The van der Waals surface area contributed by atoms with Crippen molar-refractivity contribution in [1.82, 2.24) is 15.0 Å². The molecule has 618 valence electrons. The van der Waals surface area contributed by atoms with Crippen LogP contribution in [0.15, 0.2) is 158 Å². The summed E-state index contributed by atoms with van der Waals surface area (Å²) < 4.78 is 92.1. The van der Waals surface area contributed by atoms with Crippen molar-refractivity contribution in [2.45, 2.75) is 154 Å². The minimum absolute atomic E-state index is 0.00571. The number of pyridine rings is 3. The normalized spacial score (nSPS) is 30.7. The minimum atomic E-state index is -3.09. The minimum Gasteiger partial charge on any atom is -0.462 e. The van der Waals surface area contributed by atoms with Gasteiger partial charge < -0.3 is 52.7 Å². The Hall–Kier alpha value is -7.01. The third kappa shape index (κ3) is 21.7. The molecule has 11 aliphatic rings. The van der Waals surface area contributed by atoms with Crippen molar-refractivity contribution < 1.29 is 79.1 Å². The number of aromatic nitrogens is 3. The molecule has 0 amide bonds. The predicted molar refractivity (Wildman–Crippen MR) is 437 cm³/mol. The van der Waals surface area contributed by atoms with Crippen molar-refractivity contribution >= 4 is 67.1 Å². The second-order valence-corrected chi connectivity index (χ2v) is 34.0. The zero-order valence-electron chi connectivity index (χ0n) is 66.8.